The Morgan fingerprint density at radius 3 is 2.81 bits per heavy atom. The zero-order valence-corrected chi connectivity index (χ0v) is 9.30. The average Bonchev–Trinajstić information content (AvgIpc) is 2.85. The molecule has 0 amide bonds. The molecule has 0 fully saturated rings. The van der Waals surface area contributed by atoms with Crippen LogP contribution in [-0.4, -0.2) is 15.1 Å². The molecule has 86 valence electrons. The molecule has 4 nitrogen and oxygen atoms in total. The van der Waals surface area contributed by atoms with Crippen molar-refractivity contribution in [2.45, 2.75) is 25.7 Å². The number of rotatable bonds is 4. The molecule has 16 heavy (non-hydrogen) atoms. The number of halogens is 2. The molecular formula is C9H9F2N3OS. The lowest BCUT2D eigenvalue weighted by Crippen LogP contribution is -2.09. The first-order chi connectivity index (χ1) is 7.55. The van der Waals surface area contributed by atoms with Gasteiger partial charge in [-0.2, -0.15) is 13.8 Å². The van der Waals surface area contributed by atoms with E-state index in [0.717, 1.165) is 11.9 Å². The van der Waals surface area contributed by atoms with Crippen molar-refractivity contribution in [3.05, 3.63) is 28.3 Å². The van der Waals surface area contributed by atoms with Crippen LogP contribution in [0.4, 0.5) is 8.78 Å². The van der Waals surface area contributed by atoms with Crippen LogP contribution in [0.2, 0.25) is 0 Å². The standard InChI is InChI=1S/C9H9F2N3OS/c1-9(10,11)8-13-6(15-14-8)2-3-7-12-4-5-16-7/h4-5H,2-3H2,1H3. The maximum absolute atomic E-state index is 12.8. The molecule has 0 aliphatic carbocycles. The van der Waals surface area contributed by atoms with Gasteiger partial charge in [-0.1, -0.05) is 5.16 Å². The van der Waals surface area contributed by atoms with E-state index >= 15 is 0 Å². The molecule has 7 heteroatoms. The van der Waals surface area contributed by atoms with Gasteiger partial charge < -0.3 is 4.52 Å². The maximum Gasteiger partial charge on any atom is 0.307 e. The van der Waals surface area contributed by atoms with Crippen molar-refractivity contribution < 1.29 is 13.3 Å². The van der Waals surface area contributed by atoms with E-state index in [-0.39, 0.29) is 5.89 Å². The van der Waals surface area contributed by atoms with Gasteiger partial charge in [-0.25, -0.2) is 4.98 Å². The third-order valence-electron chi connectivity index (χ3n) is 1.90. The van der Waals surface area contributed by atoms with Crippen molar-refractivity contribution in [1.29, 1.82) is 0 Å². The number of nitrogens with zero attached hydrogens (tertiary/aromatic N) is 3. The minimum atomic E-state index is -3.05. The summed E-state index contributed by atoms with van der Waals surface area (Å²) >= 11 is 1.51. The van der Waals surface area contributed by atoms with E-state index in [1.165, 1.54) is 11.3 Å². The Hall–Kier alpha value is -1.37. The van der Waals surface area contributed by atoms with E-state index in [1.807, 2.05) is 5.38 Å². The van der Waals surface area contributed by atoms with Crippen molar-refractivity contribution in [3.8, 4) is 0 Å². The Morgan fingerprint density at radius 1 is 1.44 bits per heavy atom. The highest BCUT2D eigenvalue weighted by molar-refractivity contribution is 7.09. The lowest BCUT2D eigenvalue weighted by molar-refractivity contribution is 0.00559. The molecule has 2 rings (SSSR count). The molecule has 0 N–H and O–H groups in total. The first-order valence-electron chi connectivity index (χ1n) is 4.65. The van der Waals surface area contributed by atoms with Crippen molar-refractivity contribution in [3.63, 3.8) is 0 Å². The van der Waals surface area contributed by atoms with Crippen molar-refractivity contribution in [2.75, 3.05) is 0 Å². The minimum absolute atomic E-state index is 0.215. The molecule has 0 saturated carbocycles. The summed E-state index contributed by atoms with van der Waals surface area (Å²) in [4.78, 5) is 7.70. The molecule has 0 atom stereocenters. The molecule has 0 unspecified atom stereocenters. The number of alkyl halides is 2. The smallest absolute Gasteiger partial charge is 0.307 e. The van der Waals surface area contributed by atoms with E-state index in [4.69, 9.17) is 4.52 Å². The zero-order valence-electron chi connectivity index (χ0n) is 8.48. The lowest BCUT2D eigenvalue weighted by atomic mass is 10.3. The molecule has 0 bridgehead atoms. The van der Waals surface area contributed by atoms with E-state index in [1.54, 1.807) is 6.20 Å². The molecule has 0 saturated heterocycles. The zero-order chi connectivity index (χ0) is 11.6. The minimum Gasteiger partial charge on any atom is -0.339 e. The molecule has 2 aromatic rings. The van der Waals surface area contributed by atoms with Crippen molar-refractivity contribution in [1.82, 2.24) is 15.1 Å². The Bertz CT molecular complexity index is 450. The predicted molar refractivity (Wildman–Crippen MR) is 53.4 cm³/mol. The molecule has 0 aromatic carbocycles. The number of hydrogen-bond donors (Lipinski definition) is 0. The van der Waals surface area contributed by atoms with Gasteiger partial charge in [0.25, 0.3) is 0 Å². The maximum atomic E-state index is 12.8. The van der Waals surface area contributed by atoms with E-state index < -0.39 is 11.7 Å². The fourth-order valence-corrected chi connectivity index (χ4v) is 1.75. The Labute approximate surface area is 94.3 Å². The highest BCUT2D eigenvalue weighted by atomic mass is 32.1. The summed E-state index contributed by atoms with van der Waals surface area (Å²) in [5, 5.41) is 6.01. The van der Waals surface area contributed by atoms with Crippen LogP contribution in [0.3, 0.4) is 0 Å². The Morgan fingerprint density at radius 2 is 2.25 bits per heavy atom. The van der Waals surface area contributed by atoms with E-state index in [9.17, 15) is 8.78 Å². The van der Waals surface area contributed by atoms with Gasteiger partial charge in [0.2, 0.25) is 11.7 Å². The summed E-state index contributed by atoms with van der Waals surface area (Å²) in [6, 6.07) is 0. The summed E-state index contributed by atoms with van der Waals surface area (Å²) in [7, 11) is 0. The van der Waals surface area contributed by atoms with Crippen molar-refractivity contribution in [2.24, 2.45) is 0 Å². The van der Waals surface area contributed by atoms with Crippen LogP contribution in [0.25, 0.3) is 0 Å². The Kier molecular flexibility index (Phi) is 2.95. The summed E-state index contributed by atoms with van der Waals surface area (Å²) in [6.07, 6.45) is 2.74. The van der Waals surface area contributed by atoms with Gasteiger partial charge in [0.15, 0.2) is 0 Å². The fraction of sp³-hybridized carbons (Fsp3) is 0.444. The summed E-state index contributed by atoms with van der Waals surface area (Å²) in [5.41, 5.74) is 0. The average molecular weight is 245 g/mol. The van der Waals surface area contributed by atoms with Crippen LogP contribution < -0.4 is 0 Å². The summed E-state index contributed by atoms with van der Waals surface area (Å²) in [5.74, 6) is -3.41. The first-order valence-corrected chi connectivity index (χ1v) is 5.53. The van der Waals surface area contributed by atoms with Gasteiger partial charge in [-0.3, -0.25) is 0 Å². The van der Waals surface area contributed by atoms with Gasteiger partial charge in [0.05, 0.1) is 5.01 Å². The molecule has 0 spiro atoms. The second-order valence-corrected chi connectivity index (χ2v) is 4.31. The van der Waals surface area contributed by atoms with E-state index in [2.05, 4.69) is 15.1 Å². The second-order valence-electron chi connectivity index (χ2n) is 3.33. The van der Waals surface area contributed by atoms with Gasteiger partial charge in [0, 0.05) is 31.3 Å². The largest absolute Gasteiger partial charge is 0.339 e. The van der Waals surface area contributed by atoms with Crippen LogP contribution in [0, 0.1) is 0 Å². The number of aromatic nitrogens is 3. The number of hydrogen-bond acceptors (Lipinski definition) is 5. The summed E-state index contributed by atoms with van der Waals surface area (Å²) in [6.45, 7) is 0.739. The normalized spacial score (nSPS) is 11.9. The van der Waals surface area contributed by atoms with Gasteiger partial charge in [-0.05, 0) is 0 Å². The third-order valence-corrected chi connectivity index (χ3v) is 2.74. The Balaban J connectivity index is 1.98. The molecule has 0 radical (unpaired) electrons. The first kappa shape index (κ1) is 11.1. The topological polar surface area (TPSA) is 51.8 Å². The van der Waals surface area contributed by atoms with Crippen LogP contribution in [0.5, 0.6) is 0 Å². The van der Waals surface area contributed by atoms with Crippen LogP contribution in [-0.2, 0) is 18.8 Å². The summed E-state index contributed by atoms with van der Waals surface area (Å²) < 4.78 is 30.3. The van der Waals surface area contributed by atoms with Crippen LogP contribution >= 0.6 is 11.3 Å². The molecular weight excluding hydrogens is 236 g/mol. The predicted octanol–water partition coefficient (Wildman–Crippen LogP) is 2.42. The third kappa shape index (κ3) is 2.60. The number of aryl methyl sites for hydroxylation is 2. The molecule has 2 heterocycles. The van der Waals surface area contributed by atoms with Crippen LogP contribution in [0.15, 0.2) is 16.1 Å². The monoisotopic (exact) mass is 245 g/mol. The van der Waals surface area contributed by atoms with Gasteiger partial charge in [-0.15, -0.1) is 11.3 Å². The van der Waals surface area contributed by atoms with Crippen molar-refractivity contribution >= 4 is 11.3 Å². The second kappa shape index (κ2) is 4.25. The highest BCUT2D eigenvalue weighted by Gasteiger charge is 2.30. The fourth-order valence-electron chi connectivity index (χ4n) is 1.13. The van der Waals surface area contributed by atoms with Gasteiger partial charge >= 0.3 is 5.92 Å². The van der Waals surface area contributed by atoms with E-state index in [0.29, 0.717) is 12.8 Å². The quantitative estimate of drug-likeness (QED) is 0.830. The molecule has 2 aromatic heterocycles. The van der Waals surface area contributed by atoms with Gasteiger partial charge in [0.1, 0.15) is 0 Å². The highest BCUT2D eigenvalue weighted by Crippen LogP contribution is 2.23. The number of thiazole rings is 1. The SMILES string of the molecule is CC(F)(F)c1noc(CCc2nccs2)n1. The molecule has 0 aliphatic rings. The van der Waals surface area contributed by atoms with Crippen LogP contribution in [0.1, 0.15) is 23.6 Å². The lowest BCUT2D eigenvalue weighted by Gasteiger charge is -2.01. The molecule has 0 aliphatic heterocycles.